The van der Waals surface area contributed by atoms with E-state index in [0.717, 1.165) is 37.7 Å². The maximum atomic E-state index is 12.3. The number of hydrogen-bond donors (Lipinski definition) is 2. The number of anilines is 1. The Hall–Kier alpha value is -1.22. The summed E-state index contributed by atoms with van der Waals surface area (Å²) >= 11 is 0. The lowest BCUT2D eigenvalue weighted by molar-refractivity contribution is 0.0931. The molecule has 20 heavy (non-hydrogen) atoms. The number of carbonyl (C=O) groups is 1. The minimum Gasteiger partial charge on any atom is -0.399 e. The Morgan fingerprint density at radius 1 is 1.25 bits per heavy atom. The van der Waals surface area contributed by atoms with Gasteiger partial charge in [0.2, 0.25) is 0 Å². The molecule has 0 fully saturated rings. The molecule has 3 nitrogen and oxygen atoms in total. The molecule has 1 aromatic carbocycles. The van der Waals surface area contributed by atoms with Crippen molar-refractivity contribution in [3.8, 4) is 0 Å². The summed E-state index contributed by atoms with van der Waals surface area (Å²) in [6, 6.07) is 5.75. The first-order chi connectivity index (χ1) is 9.08. The van der Waals surface area contributed by atoms with Crippen LogP contribution in [0.5, 0.6) is 0 Å². The van der Waals surface area contributed by atoms with Gasteiger partial charge in [-0.2, -0.15) is 0 Å². The second-order valence-corrected chi connectivity index (χ2v) is 5.18. The Balaban J connectivity index is 0.00000361. The van der Waals surface area contributed by atoms with Crippen molar-refractivity contribution in [2.45, 2.75) is 58.9 Å². The van der Waals surface area contributed by atoms with Crippen molar-refractivity contribution in [1.29, 1.82) is 0 Å². The number of nitrogens with one attached hydrogen (secondary N) is 1. The smallest absolute Gasteiger partial charge is 0.251 e. The largest absolute Gasteiger partial charge is 0.399 e. The van der Waals surface area contributed by atoms with E-state index in [2.05, 4.69) is 19.2 Å². The first-order valence-corrected chi connectivity index (χ1v) is 7.25. The van der Waals surface area contributed by atoms with Crippen molar-refractivity contribution in [1.82, 2.24) is 5.32 Å². The van der Waals surface area contributed by atoms with E-state index >= 15 is 0 Å². The van der Waals surface area contributed by atoms with E-state index < -0.39 is 0 Å². The number of aryl methyl sites for hydroxylation is 1. The van der Waals surface area contributed by atoms with Gasteiger partial charge in [0.05, 0.1) is 0 Å². The molecule has 0 heterocycles. The number of unbranched alkanes of at least 4 members (excludes halogenated alkanes) is 1. The maximum absolute atomic E-state index is 12.3. The number of rotatable bonds is 7. The van der Waals surface area contributed by atoms with Gasteiger partial charge < -0.3 is 11.1 Å². The molecule has 3 N–H and O–H groups in total. The van der Waals surface area contributed by atoms with Crippen LogP contribution in [0, 0.1) is 6.92 Å². The summed E-state index contributed by atoms with van der Waals surface area (Å²) in [6.07, 6.45) is 5.49. The van der Waals surface area contributed by atoms with Gasteiger partial charge in [0.15, 0.2) is 0 Å². The van der Waals surface area contributed by atoms with Crippen LogP contribution in [-0.2, 0) is 0 Å². The number of amides is 1. The minimum absolute atomic E-state index is 0. The van der Waals surface area contributed by atoms with Crippen LogP contribution in [0.25, 0.3) is 0 Å². The molecule has 0 aliphatic carbocycles. The van der Waals surface area contributed by atoms with Crippen LogP contribution < -0.4 is 11.1 Å². The molecule has 0 aliphatic rings. The third-order valence-electron chi connectivity index (χ3n) is 3.38. The standard InChI is InChI=1S/C16H26N2O.ClH/c1-4-6-8-14(7-5-2)18-16(19)15-11-13(17)10-9-12(15)3;/h9-11,14H,4-8,17H2,1-3H3,(H,18,19);1H. The molecule has 0 aromatic heterocycles. The predicted molar refractivity (Wildman–Crippen MR) is 88.5 cm³/mol. The molecule has 0 aliphatic heterocycles. The lowest BCUT2D eigenvalue weighted by Gasteiger charge is -2.18. The van der Waals surface area contributed by atoms with Crippen molar-refractivity contribution in [3.05, 3.63) is 29.3 Å². The summed E-state index contributed by atoms with van der Waals surface area (Å²) in [7, 11) is 0. The van der Waals surface area contributed by atoms with Gasteiger partial charge in [-0.3, -0.25) is 4.79 Å². The Bertz CT molecular complexity index is 421. The zero-order valence-corrected chi connectivity index (χ0v) is 13.6. The highest BCUT2D eigenvalue weighted by Gasteiger charge is 2.14. The van der Waals surface area contributed by atoms with Crippen molar-refractivity contribution in [2.75, 3.05) is 5.73 Å². The van der Waals surface area contributed by atoms with Crippen LogP contribution in [0.2, 0.25) is 0 Å². The average Bonchev–Trinajstić information content (AvgIpc) is 2.39. The molecule has 0 saturated carbocycles. The van der Waals surface area contributed by atoms with E-state index in [4.69, 9.17) is 5.73 Å². The summed E-state index contributed by atoms with van der Waals surface area (Å²) in [6.45, 7) is 6.26. The number of benzene rings is 1. The van der Waals surface area contributed by atoms with Gasteiger partial charge in [0.1, 0.15) is 0 Å². The SMILES string of the molecule is CCCCC(CCC)NC(=O)c1cc(N)ccc1C.Cl. The van der Waals surface area contributed by atoms with Crippen LogP contribution >= 0.6 is 12.4 Å². The van der Waals surface area contributed by atoms with Crippen molar-refractivity contribution in [3.63, 3.8) is 0 Å². The van der Waals surface area contributed by atoms with Crippen LogP contribution in [0.3, 0.4) is 0 Å². The number of halogens is 1. The van der Waals surface area contributed by atoms with Crippen molar-refractivity contribution >= 4 is 24.0 Å². The summed E-state index contributed by atoms with van der Waals surface area (Å²) < 4.78 is 0. The summed E-state index contributed by atoms with van der Waals surface area (Å²) in [4.78, 5) is 12.3. The monoisotopic (exact) mass is 298 g/mol. The fourth-order valence-electron chi connectivity index (χ4n) is 2.24. The number of nitrogen functional groups attached to an aromatic ring is 1. The molecular weight excluding hydrogens is 272 g/mol. The fourth-order valence-corrected chi connectivity index (χ4v) is 2.24. The third-order valence-corrected chi connectivity index (χ3v) is 3.38. The Labute approximate surface area is 128 Å². The first kappa shape index (κ1) is 18.8. The van der Waals surface area contributed by atoms with Gasteiger partial charge in [-0.1, -0.05) is 39.2 Å². The van der Waals surface area contributed by atoms with Crippen LogP contribution in [0.15, 0.2) is 18.2 Å². The lowest BCUT2D eigenvalue weighted by atomic mass is 10.0. The fraction of sp³-hybridized carbons (Fsp3) is 0.562. The van der Waals surface area contributed by atoms with Gasteiger partial charge in [-0.15, -0.1) is 12.4 Å². The number of carbonyl (C=O) groups excluding carboxylic acids is 1. The van der Waals surface area contributed by atoms with Crippen LogP contribution in [0.4, 0.5) is 5.69 Å². The third kappa shape index (κ3) is 5.83. The molecule has 114 valence electrons. The first-order valence-electron chi connectivity index (χ1n) is 7.25. The van der Waals surface area contributed by atoms with Gasteiger partial charge in [0.25, 0.3) is 5.91 Å². The number of nitrogens with two attached hydrogens (primary N) is 1. The Morgan fingerprint density at radius 2 is 1.95 bits per heavy atom. The Morgan fingerprint density at radius 3 is 2.55 bits per heavy atom. The second kappa shape index (κ2) is 9.65. The summed E-state index contributed by atoms with van der Waals surface area (Å²) in [5.74, 6) is -0.000599. The molecule has 0 spiro atoms. The van der Waals surface area contributed by atoms with Crippen molar-refractivity contribution in [2.24, 2.45) is 0 Å². The molecule has 0 saturated heterocycles. The second-order valence-electron chi connectivity index (χ2n) is 5.18. The minimum atomic E-state index is -0.000599. The molecule has 0 bridgehead atoms. The highest BCUT2D eigenvalue weighted by atomic mass is 35.5. The van der Waals surface area contributed by atoms with Crippen LogP contribution in [0.1, 0.15) is 61.9 Å². The van der Waals surface area contributed by atoms with Gasteiger partial charge in [-0.05, 0) is 37.5 Å². The highest BCUT2D eigenvalue weighted by Crippen LogP contribution is 2.14. The van der Waals surface area contributed by atoms with Crippen molar-refractivity contribution < 1.29 is 4.79 Å². The predicted octanol–water partition coefficient (Wildman–Crippen LogP) is 4.09. The summed E-state index contributed by atoms with van der Waals surface area (Å²) in [5, 5.41) is 3.14. The quantitative estimate of drug-likeness (QED) is 0.745. The van der Waals surface area contributed by atoms with Gasteiger partial charge in [-0.25, -0.2) is 0 Å². The highest BCUT2D eigenvalue weighted by molar-refractivity contribution is 5.96. The van der Waals surface area contributed by atoms with E-state index in [-0.39, 0.29) is 24.4 Å². The molecule has 0 radical (unpaired) electrons. The van der Waals surface area contributed by atoms with E-state index in [1.165, 1.54) is 0 Å². The van der Waals surface area contributed by atoms with E-state index in [1.54, 1.807) is 6.07 Å². The lowest BCUT2D eigenvalue weighted by Crippen LogP contribution is -2.35. The van der Waals surface area contributed by atoms with Gasteiger partial charge in [0, 0.05) is 17.3 Å². The zero-order valence-electron chi connectivity index (χ0n) is 12.7. The maximum Gasteiger partial charge on any atom is 0.251 e. The molecule has 4 heteroatoms. The topological polar surface area (TPSA) is 55.1 Å². The molecule has 1 aromatic rings. The molecule has 1 unspecified atom stereocenters. The number of hydrogen-bond acceptors (Lipinski definition) is 2. The van der Waals surface area contributed by atoms with Crippen LogP contribution in [-0.4, -0.2) is 11.9 Å². The molecule has 1 amide bonds. The van der Waals surface area contributed by atoms with E-state index in [0.29, 0.717) is 11.3 Å². The average molecular weight is 299 g/mol. The van der Waals surface area contributed by atoms with E-state index in [1.807, 2.05) is 19.1 Å². The summed E-state index contributed by atoms with van der Waals surface area (Å²) in [5.41, 5.74) is 8.05. The zero-order chi connectivity index (χ0) is 14.3. The molecule has 1 rings (SSSR count). The normalized spacial score (nSPS) is 11.6. The Kier molecular flexibility index (Phi) is 9.06. The molecular formula is C16H27ClN2O. The van der Waals surface area contributed by atoms with Gasteiger partial charge >= 0.3 is 0 Å². The van der Waals surface area contributed by atoms with E-state index in [9.17, 15) is 4.79 Å². The molecule has 1 atom stereocenters.